The minimum Gasteiger partial charge on any atom is -0.550 e. The summed E-state index contributed by atoms with van der Waals surface area (Å²) in [4.78, 5) is 45.8. The maximum atomic E-state index is 12.2. The largest absolute Gasteiger partial charge is 0.550 e. The molecule has 1 N–H and O–H groups in total. The zero-order chi connectivity index (χ0) is 22.5. The first-order chi connectivity index (χ1) is 14.7. The molecule has 0 saturated carbocycles. The molecule has 1 heterocycles. The lowest BCUT2D eigenvalue weighted by atomic mass is 10.0. The second-order valence-electron chi connectivity index (χ2n) is 6.72. The molecule has 0 saturated heterocycles. The molecule has 1 amide bonds. The Kier molecular flexibility index (Phi) is 6.35. The van der Waals surface area contributed by atoms with E-state index in [0.29, 0.717) is 10.9 Å². The predicted molar refractivity (Wildman–Crippen MR) is 105 cm³/mol. The molecule has 0 spiro atoms. The summed E-state index contributed by atoms with van der Waals surface area (Å²) < 4.78 is 10.8. The summed E-state index contributed by atoms with van der Waals surface area (Å²) in [6.07, 6.45) is -2.12. The highest BCUT2D eigenvalue weighted by atomic mass is 16.5. The Hall–Kier alpha value is -4.14. The molecular formula is C22H17NO8-2. The summed E-state index contributed by atoms with van der Waals surface area (Å²) in [5.74, 6) is -4.09. The van der Waals surface area contributed by atoms with Crippen LogP contribution in [0.2, 0.25) is 0 Å². The first kappa shape index (κ1) is 21.6. The Labute approximate surface area is 175 Å². The van der Waals surface area contributed by atoms with E-state index < -0.39 is 42.0 Å². The average molecular weight is 423 g/mol. The van der Waals surface area contributed by atoms with E-state index in [0.717, 1.165) is 5.56 Å². The molecule has 2 atom stereocenters. The van der Waals surface area contributed by atoms with Gasteiger partial charge in [0.25, 0.3) is 5.91 Å². The Bertz CT molecular complexity index is 1190. The molecule has 3 aromatic rings. The van der Waals surface area contributed by atoms with E-state index >= 15 is 0 Å². The van der Waals surface area contributed by atoms with Crippen molar-refractivity contribution in [2.75, 3.05) is 0 Å². The molecule has 31 heavy (non-hydrogen) atoms. The van der Waals surface area contributed by atoms with Crippen LogP contribution in [0.1, 0.15) is 13.3 Å². The number of aliphatic carboxylic acids is 2. The van der Waals surface area contributed by atoms with Gasteiger partial charge in [-0.2, -0.15) is 0 Å². The van der Waals surface area contributed by atoms with Crippen LogP contribution < -0.4 is 25.9 Å². The zero-order valence-corrected chi connectivity index (χ0v) is 16.3. The number of hydrogen-bond acceptors (Lipinski definition) is 8. The number of fused-ring (bicyclic) bond motifs is 1. The fourth-order valence-electron chi connectivity index (χ4n) is 2.98. The fourth-order valence-corrected chi connectivity index (χ4v) is 2.98. The molecule has 0 fully saturated rings. The van der Waals surface area contributed by atoms with Crippen molar-refractivity contribution in [1.29, 1.82) is 0 Å². The summed E-state index contributed by atoms with van der Waals surface area (Å²) in [6, 6.07) is 13.5. The minimum atomic E-state index is -1.76. The lowest BCUT2D eigenvalue weighted by molar-refractivity contribution is -0.317. The van der Waals surface area contributed by atoms with Gasteiger partial charge < -0.3 is 34.3 Å². The van der Waals surface area contributed by atoms with Crippen molar-refractivity contribution in [3.63, 3.8) is 0 Å². The van der Waals surface area contributed by atoms with Crippen LogP contribution >= 0.6 is 0 Å². The highest BCUT2D eigenvalue weighted by molar-refractivity contribution is 5.94. The van der Waals surface area contributed by atoms with Gasteiger partial charge in [0, 0.05) is 29.9 Å². The lowest BCUT2D eigenvalue weighted by Crippen LogP contribution is -2.53. The monoisotopic (exact) mass is 423 g/mol. The molecule has 0 aliphatic carbocycles. The van der Waals surface area contributed by atoms with Gasteiger partial charge in [-0.05, 0) is 30.2 Å². The van der Waals surface area contributed by atoms with Gasteiger partial charge in [-0.1, -0.05) is 30.3 Å². The third-order valence-corrected chi connectivity index (χ3v) is 4.45. The number of benzene rings is 2. The van der Waals surface area contributed by atoms with Crippen LogP contribution in [0.5, 0.6) is 5.75 Å². The van der Waals surface area contributed by atoms with E-state index in [4.69, 9.17) is 9.15 Å². The molecule has 2 aromatic carbocycles. The smallest absolute Gasteiger partial charge is 0.336 e. The van der Waals surface area contributed by atoms with Gasteiger partial charge in [0.2, 0.25) is 0 Å². The molecule has 0 aliphatic rings. The topological polar surface area (TPSA) is 149 Å². The van der Waals surface area contributed by atoms with Crippen LogP contribution in [0.15, 0.2) is 63.8 Å². The van der Waals surface area contributed by atoms with Crippen LogP contribution in [0, 0.1) is 0 Å². The van der Waals surface area contributed by atoms with Gasteiger partial charge in [0.15, 0.2) is 6.10 Å². The summed E-state index contributed by atoms with van der Waals surface area (Å²) in [5, 5.41) is 24.3. The number of hydrogen-bond donors (Lipinski definition) is 1. The second kappa shape index (κ2) is 9.12. The predicted octanol–water partition coefficient (Wildman–Crippen LogP) is -0.398. The molecule has 160 valence electrons. The number of carbonyl (C=O) groups is 3. The van der Waals surface area contributed by atoms with E-state index in [1.54, 1.807) is 12.1 Å². The molecule has 0 radical (unpaired) electrons. The first-order valence-electron chi connectivity index (χ1n) is 9.25. The maximum absolute atomic E-state index is 12.2. The van der Waals surface area contributed by atoms with Crippen molar-refractivity contribution in [2.24, 2.45) is 0 Å². The maximum Gasteiger partial charge on any atom is 0.336 e. The number of ether oxygens (including phenoxy) is 1. The SMILES string of the molecule is C[C@H](Oc1ccc2c(-c3ccccc3)cc(=O)oc2c1)C(=O)N[C@H](CC(=O)[O-])C(=O)[O-]. The van der Waals surface area contributed by atoms with E-state index in [1.165, 1.54) is 19.1 Å². The number of amides is 1. The average Bonchev–Trinajstić information content (AvgIpc) is 2.72. The third-order valence-electron chi connectivity index (χ3n) is 4.45. The highest BCUT2D eigenvalue weighted by Crippen LogP contribution is 2.29. The van der Waals surface area contributed by atoms with Crippen LogP contribution in [0.4, 0.5) is 0 Å². The fraction of sp³-hybridized carbons (Fsp3) is 0.182. The van der Waals surface area contributed by atoms with Crippen molar-refractivity contribution >= 4 is 28.8 Å². The molecule has 1 aromatic heterocycles. The normalized spacial score (nSPS) is 12.7. The van der Waals surface area contributed by atoms with Crippen LogP contribution in [-0.4, -0.2) is 30.0 Å². The van der Waals surface area contributed by atoms with Crippen molar-refractivity contribution in [1.82, 2.24) is 5.32 Å². The number of rotatable bonds is 8. The van der Waals surface area contributed by atoms with E-state index in [-0.39, 0.29) is 11.3 Å². The molecule has 0 aliphatic heterocycles. The van der Waals surface area contributed by atoms with Crippen LogP contribution in [0.3, 0.4) is 0 Å². The molecule has 3 rings (SSSR count). The summed E-state index contributed by atoms with van der Waals surface area (Å²) >= 11 is 0. The number of carboxylic acids is 2. The van der Waals surface area contributed by atoms with Gasteiger partial charge in [0.1, 0.15) is 11.3 Å². The Morgan fingerprint density at radius 2 is 1.77 bits per heavy atom. The van der Waals surface area contributed by atoms with Crippen molar-refractivity contribution in [2.45, 2.75) is 25.5 Å². The second-order valence-corrected chi connectivity index (χ2v) is 6.72. The van der Waals surface area contributed by atoms with Crippen molar-refractivity contribution in [3.8, 4) is 16.9 Å². The van der Waals surface area contributed by atoms with Crippen molar-refractivity contribution < 1.29 is 33.8 Å². The van der Waals surface area contributed by atoms with E-state index in [9.17, 15) is 29.4 Å². The molecule has 9 nitrogen and oxygen atoms in total. The third kappa shape index (κ3) is 5.27. The lowest BCUT2D eigenvalue weighted by Gasteiger charge is -2.22. The van der Waals surface area contributed by atoms with E-state index in [1.807, 2.05) is 35.6 Å². The highest BCUT2D eigenvalue weighted by Gasteiger charge is 2.20. The first-order valence-corrected chi connectivity index (χ1v) is 9.25. The molecule has 0 bridgehead atoms. The number of carbonyl (C=O) groups excluding carboxylic acids is 3. The standard InChI is InChI=1S/C22H19NO8/c1-12(21(27)23-17(22(28)29)11-19(24)25)30-14-7-8-15-16(13-5-3-2-4-6-13)10-20(26)31-18(15)9-14/h2-10,12,17H,11H2,1H3,(H,23,27)(H,24,25)(H,28,29)/p-2/t12-,17+/m0/s1. The van der Waals surface area contributed by atoms with Crippen LogP contribution in [0.25, 0.3) is 22.1 Å². The van der Waals surface area contributed by atoms with Gasteiger partial charge >= 0.3 is 5.63 Å². The van der Waals surface area contributed by atoms with Gasteiger partial charge in [0.05, 0.1) is 12.0 Å². The number of carboxylic acid groups (broad SMARTS) is 2. The summed E-state index contributed by atoms with van der Waals surface area (Å²) in [6.45, 7) is 1.35. The minimum absolute atomic E-state index is 0.188. The molecule has 0 unspecified atom stereocenters. The quantitative estimate of drug-likeness (QED) is 0.481. The summed E-state index contributed by atoms with van der Waals surface area (Å²) in [7, 11) is 0. The van der Waals surface area contributed by atoms with Gasteiger partial charge in [-0.15, -0.1) is 0 Å². The van der Waals surface area contributed by atoms with E-state index in [2.05, 4.69) is 0 Å². The summed E-state index contributed by atoms with van der Waals surface area (Å²) in [5.41, 5.74) is 1.17. The Morgan fingerprint density at radius 3 is 2.42 bits per heavy atom. The van der Waals surface area contributed by atoms with Crippen LogP contribution in [-0.2, 0) is 14.4 Å². The van der Waals surface area contributed by atoms with Crippen molar-refractivity contribution in [3.05, 3.63) is 65.0 Å². The van der Waals surface area contributed by atoms with Gasteiger partial charge in [-0.3, -0.25) is 4.79 Å². The Balaban J connectivity index is 1.82. The molecular weight excluding hydrogens is 406 g/mol. The Morgan fingerprint density at radius 1 is 1.06 bits per heavy atom. The number of nitrogens with one attached hydrogen (secondary N) is 1. The molecule has 9 heteroatoms. The zero-order valence-electron chi connectivity index (χ0n) is 16.3. The van der Waals surface area contributed by atoms with Gasteiger partial charge in [-0.25, -0.2) is 4.79 Å².